The standard InChI is InChI=1S/C14H19NO4/c1-3-7-18-13(16)10-5-6-11(12(15)9-10)14(17)19-8-4-2/h5-6,9H,3-4,7-8,15H2,1-2H3. The molecule has 0 atom stereocenters. The summed E-state index contributed by atoms with van der Waals surface area (Å²) in [5.74, 6) is -0.921. The molecule has 1 aromatic carbocycles. The van der Waals surface area contributed by atoms with Crippen molar-refractivity contribution in [2.75, 3.05) is 18.9 Å². The van der Waals surface area contributed by atoms with Crippen molar-refractivity contribution in [2.24, 2.45) is 0 Å². The summed E-state index contributed by atoms with van der Waals surface area (Å²) in [6, 6.07) is 4.42. The summed E-state index contributed by atoms with van der Waals surface area (Å²) in [5, 5.41) is 0. The van der Waals surface area contributed by atoms with Gasteiger partial charge in [0.1, 0.15) is 0 Å². The summed E-state index contributed by atoms with van der Waals surface area (Å²) in [4.78, 5) is 23.3. The van der Waals surface area contributed by atoms with Gasteiger partial charge in [-0.15, -0.1) is 0 Å². The lowest BCUT2D eigenvalue weighted by Gasteiger charge is -2.08. The number of benzene rings is 1. The number of carbonyl (C=O) groups is 2. The van der Waals surface area contributed by atoms with Crippen LogP contribution in [0.25, 0.3) is 0 Å². The topological polar surface area (TPSA) is 78.6 Å². The zero-order chi connectivity index (χ0) is 14.3. The third kappa shape index (κ3) is 4.28. The molecule has 0 aliphatic heterocycles. The van der Waals surface area contributed by atoms with Crippen molar-refractivity contribution >= 4 is 17.6 Å². The van der Waals surface area contributed by atoms with E-state index in [0.29, 0.717) is 18.8 Å². The Hall–Kier alpha value is -2.04. The van der Waals surface area contributed by atoms with Crippen LogP contribution >= 0.6 is 0 Å². The van der Waals surface area contributed by atoms with Crippen LogP contribution < -0.4 is 5.73 Å². The molecule has 0 aromatic heterocycles. The number of hydrogen-bond donors (Lipinski definition) is 1. The van der Waals surface area contributed by atoms with E-state index < -0.39 is 11.9 Å². The molecule has 0 saturated carbocycles. The minimum absolute atomic E-state index is 0.215. The lowest BCUT2D eigenvalue weighted by Crippen LogP contribution is -2.11. The monoisotopic (exact) mass is 265 g/mol. The average Bonchev–Trinajstić information content (AvgIpc) is 2.41. The maximum absolute atomic E-state index is 11.7. The van der Waals surface area contributed by atoms with E-state index in [1.54, 1.807) is 0 Å². The Morgan fingerprint density at radius 2 is 1.63 bits per heavy atom. The van der Waals surface area contributed by atoms with Gasteiger partial charge in [0.25, 0.3) is 0 Å². The van der Waals surface area contributed by atoms with Crippen molar-refractivity contribution in [3.8, 4) is 0 Å². The van der Waals surface area contributed by atoms with Crippen LogP contribution in [0.4, 0.5) is 5.69 Å². The van der Waals surface area contributed by atoms with Gasteiger partial charge in [0.2, 0.25) is 0 Å². The highest BCUT2D eigenvalue weighted by Crippen LogP contribution is 2.16. The molecule has 0 heterocycles. The molecule has 0 aliphatic carbocycles. The van der Waals surface area contributed by atoms with Crippen LogP contribution in [0.15, 0.2) is 18.2 Å². The van der Waals surface area contributed by atoms with Crippen molar-refractivity contribution < 1.29 is 19.1 Å². The SMILES string of the molecule is CCCOC(=O)c1ccc(C(=O)OCCC)c(N)c1. The van der Waals surface area contributed by atoms with Crippen LogP contribution in [0, 0.1) is 0 Å². The molecular weight excluding hydrogens is 246 g/mol. The van der Waals surface area contributed by atoms with Crippen molar-refractivity contribution in [2.45, 2.75) is 26.7 Å². The molecule has 1 rings (SSSR count). The van der Waals surface area contributed by atoms with Crippen LogP contribution in [0.3, 0.4) is 0 Å². The summed E-state index contributed by atoms with van der Waals surface area (Å²) in [6.07, 6.45) is 1.50. The second kappa shape index (κ2) is 7.41. The highest BCUT2D eigenvalue weighted by atomic mass is 16.5. The van der Waals surface area contributed by atoms with E-state index >= 15 is 0 Å². The van der Waals surface area contributed by atoms with Gasteiger partial charge in [-0.25, -0.2) is 9.59 Å². The first-order chi connectivity index (χ1) is 9.10. The number of carbonyl (C=O) groups excluding carboxylic acids is 2. The van der Waals surface area contributed by atoms with Gasteiger partial charge in [0, 0.05) is 5.69 Å². The predicted octanol–water partition coefficient (Wildman–Crippen LogP) is 2.40. The minimum Gasteiger partial charge on any atom is -0.462 e. The lowest BCUT2D eigenvalue weighted by atomic mass is 10.1. The van der Waals surface area contributed by atoms with E-state index in [1.807, 2.05) is 13.8 Å². The fourth-order valence-electron chi connectivity index (χ4n) is 1.43. The van der Waals surface area contributed by atoms with Crippen molar-refractivity contribution in [3.63, 3.8) is 0 Å². The highest BCUT2D eigenvalue weighted by Gasteiger charge is 2.14. The first-order valence-electron chi connectivity index (χ1n) is 6.33. The molecule has 0 saturated heterocycles. The normalized spacial score (nSPS) is 10.0. The Kier molecular flexibility index (Phi) is 5.85. The molecule has 0 amide bonds. The number of hydrogen-bond acceptors (Lipinski definition) is 5. The Morgan fingerprint density at radius 1 is 1.05 bits per heavy atom. The molecular formula is C14H19NO4. The van der Waals surface area contributed by atoms with E-state index in [0.717, 1.165) is 12.8 Å². The highest BCUT2D eigenvalue weighted by molar-refractivity contribution is 5.98. The molecule has 0 radical (unpaired) electrons. The first-order valence-corrected chi connectivity index (χ1v) is 6.33. The molecule has 104 valence electrons. The summed E-state index contributed by atoms with van der Waals surface area (Å²) >= 11 is 0. The fraction of sp³-hybridized carbons (Fsp3) is 0.429. The number of nitrogens with two attached hydrogens (primary N) is 1. The third-order valence-corrected chi connectivity index (χ3v) is 2.38. The molecule has 0 bridgehead atoms. The van der Waals surface area contributed by atoms with E-state index in [2.05, 4.69) is 0 Å². The molecule has 5 nitrogen and oxygen atoms in total. The van der Waals surface area contributed by atoms with Crippen molar-refractivity contribution in [3.05, 3.63) is 29.3 Å². The van der Waals surface area contributed by atoms with E-state index in [1.165, 1.54) is 18.2 Å². The van der Waals surface area contributed by atoms with Gasteiger partial charge in [-0.1, -0.05) is 13.8 Å². The molecule has 5 heteroatoms. The zero-order valence-corrected chi connectivity index (χ0v) is 11.3. The quantitative estimate of drug-likeness (QED) is 0.631. The smallest absolute Gasteiger partial charge is 0.340 e. The number of rotatable bonds is 6. The van der Waals surface area contributed by atoms with Gasteiger partial charge in [0.05, 0.1) is 24.3 Å². The van der Waals surface area contributed by atoms with Crippen molar-refractivity contribution in [1.82, 2.24) is 0 Å². The van der Waals surface area contributed by atoms with Crippen LogP contribution in [0.1, 0.15) is 47.4 Å². The summed E-state index contributed by atoms with van der Waals surface area (Å²) in [6.45, 7) is 4.52. The first kappa shape index (κ1) is 15.0. The minimum atomic E-state index is -0.479. The van der Waals surface area contributed by atoms with E-state index in [4.69, 9.17) is 15.2 Å². The van der Waals surface area contributed by atoms with Crippen LogP contribution in [-0.2, 0) is 9.47 Å². The average molecular weight is 265 g/mol. The molecule has 0 fully saturated rings. The van der Waals surface area contributed by atoms with Crippen molar-refractivity contribution in [1.29, 1.82) is 0 Å². The number of ether oxygens (including phenoxy) is 2. The van der Waals surface area contributed by atoms with Gasteiger partial charge < -0.3 is 15.2 Å². The molecule has 0 unspecified atom stereocenters. The molecule has 19 heavy (non-hydrogen) atoms. The molecule has 0 aliphatic rings. The van der Waals surface area contributed by atoms with Gasteiger partial charge in [-0.2, -0.15) is 0 Å². The van der Waals surface area contributed by atoms with E-state index in [-0.39, 0.29) is 11.3 Å². The lowest BCUT2D eigenvalue weighted by molar-refractivity contribution is 0.0491. The zero-order valence-electron chi connectivity index (χ0n) is 11.3. The van der Waals surface area contributed by atoms with Crippen LogP contribution in [0.2, 0.25) is 0 Å². The number of anilines is 1. The Balaban J connectivity index is 2.79. The van der Waals surface area contributed by atoms with E-state index in [9.17, 15) is 9.59 Å². The molecule has 2 N–H and O–H groups in total. The van der Waals surface area contributed by atoms with Gasteiger partial charge in [-0.3, -0.25) is 0 Å². The fourth-order valence-corrected chi connectivity index (χ4v) is 1.43. The van der Waals surface area contributed by atoms with Crippen LogP contribution in [-0.4, -0.2) is 25.2 Å². The second-order valence-electron chi connectivity index (χ2n) is 4.07. The van der Waals surface area contributed by atoms with Gasteiger partial charge in [-0.05, 0) is 31.0 Å². The molecule has 1 aromatic rings. The Morgan fingerprint density at radius 3 is 2.16 bits per heavy atom. The predicted molar refractivity (Wildman–Crippen MR) is 72.0 cm³/mol. The largest absolute Gasteiger partial charge is 0.462 e. The van der Waals surface area contributed by atoms with Gasteiger partial charge in [0.15, 0.2) is 0 Å². The second-order valence-corrected chi connectivity index (χ2v) is 4.07. The summed E-state index contributed by atoms with van der Waals surface area (Å²) in [5.41, 5.74) is 6.56. The van der Waals surface area contributed by atoms with Gasteiger partial charge >= 0.3 is 11.9 Å². The maximum Gasteiger partial charge on any atom is 0.340 e. The summed E-state index contributed by atoms with van der Waals surface area (Å²) in [7, 11) is 0. The number of nitrogen functional groups attached to an aromatic ring is 1. The summed E-state index contributed by atoms with van der Waals surface area (Å²) < 4.78 is 9.98. The molecule has 0 spiro atoms. The Bertz CT molecular complexity index is 457. The number of esters is 2. The maximum atomic E-state index is 11.7. The third-order valence-electron chi connectivity index (χ3n) is 2.38. The Labute approximate surface area is 112 Å². The van der Waals surface area contributed by atoms with Crippen LogP contribution in [0.5, 0.6) is 0 Å².